The van der Waals surface area contributed by atoms with E-state index in [1.165, 1.54) is 6.20 Å². The molecule has 23 heavy (non-hydrogen) atoms. The zero-order valence-corrected chi connectivity index (χ0v) is 13.0. The molecule has 1 unspecified atom stereocenters. The van der Waals surface area contributed by atoms with Gasteiger partial charge < -0.3 is 10.2 Å². The van der Waals surface area contributed by atoms with Gasteiger partial charge in [-0.15, -0.1) is 5.10 Å². The molecular weight excluding hydrogens is 296 g/mol. The lowest BCUT2D eigenvalue weighted by Crippen LogP contribution is -2.21. The smallest absolute Gasteiger partial charge is 0.358 e. The number of carbonyl (C=O) groups is 1. The number of rotatable bonds is 5. The Labute approximate surface area is 134 Å². The molecule has 0 aliphatic carbocycles. The summed E-state index contributed by atoms with van der Waals surface area (Å²) in [4.78, 5) is 13.1. The highest BCUT2D eigenvalue weighted by Crippen LogP contribution is 2.28. The molecule has 3 rings (SSSR count). The van der Waals surface area contributed by atoms with Crippen molar-refractivity contribution >= 4 is 5.97 Å². The van der Waals surface area contributed by atoms with Crippen molar-refractivity contribution in [2.45, 2.75) is 32.4 Å². The van der Waals surface area contributed by atoms with E-state index in [1.807, 2.05) is 25.1 Å². The van der Waals surface area contributed by atoms with Crippen LogP contribution in [0.15, 0.2) is 24.4 Å². The largest absolute Gasteiger partial charge is 0.507 e. The van der Waals surface area contributed by atoms with E-state index in [4.69, 9.17) is 5.11 Å². The Balaban J connectivity index is 1.67. The molecule has 0 bridgehead atoms. The van der Waals surface area contributed by atoms with Crippen LogP contribution in [-0.2, 0) is 13.0 Å². The number of carboxylic acids is 1. The monoisotopic (exact) mass is 316 g/mol. The zero-order chi connectivity index (χ0) is 16.4. The lowest BCUT2D eigenvalue weighted by atomic mass is 10.1. The highest BCUT2D eigenvalue weighted by Gasteiger charge is 2.26. The number of phenolic OH excluding ortho intramolecular Hbond substituents is 1. The summed E-state index contributed by atoms with van der Waals surface area (Å²) in [6.07, 6.45) is 3.17. The summed E-state index contributed by atoms with van der Waals surface area (Å²) >= 11 is 0. The molecule has 1 aromatic heterocycles. The van der Waals surface area contributed by atoms with E-state index in [-0.39, 0.29) is 11.7 Å². The third-order valence-electron chi connectivity index (χ3n) is 4.33. The summed E-state index contributed by atoms with van der Waals surface area (Å²) in [6.45, 7) is 4.34. The lowest BCUT2D eigenvalue weighted by Gasteiger charge is -2.17. The molecule has 0 radical (unpaired) electrons. The van der Waals surface area contributed by atoms with Gasteiger partial charge in [-0.05, 0) is 18.4 Å². The minimum absolute atomic E-state index is 0.0308. The fraction of sp³-hybridized carbons (Fsp3) is 0.438. The van der Waals surface area contributed by atoms with E-state index in [2.05, 4.69) is 15.2 Å². The summed E-state index contributed by atoms with van der Waals surface area (Å²) in [5, 5.41) is 26.8. The first kappa shape index (κ1) is 15.5. The molecule has 2 N–H and O–H groups in total. The number of aromatic nitrogens is 3. The molecular formula is C16H20N4O3. The van der Waals surface area contributed by atoms with E-state index in [9.17, 15) is 9.90 Å². The Morgan fingerprint density at radius 1 is 1.39 bits per heavy atom. The Morgan fingerprint density at radius 2 is 2.17 bits per heavy atom. The SMILES string of the molecule is CCc1cccc(CN2CCC(n3cc(C(=O)O)nn3)C2)c1O. The van der Waals surface area contributed by atoms with Gasteiger partial charge in [-0.25, -0.2) is 9.48 Å². The summed E-state index contributed by atoms with van der Waals surface area (Å²) in [5.74, 6) is -0.681. The number of hydrogen-bond acceptors (Lipinski definition) is 5. The maximum absolute atomic E-state index is 10.9. The molecule has 0 amide bonds. The highest BCUT2D eigenvalue weighted by molar-refractivity contribution is 5.84. The molecule has 0 spiro atoms. The second-order valence-corrected chi connectivity index (χ2v) is 5.84. The predicted molar refractivity (Wildman–Crippen MR) is 83.4 cm³/mol. The van der Waals surface area contributed by atoms with Gasteiger partial charge in [0.25, 0.3) is 0 Å². The first-order chi connectivity index (χ1) is 11.1. The Bertz CT molecular complexity index is 713. The van der Waals surface area contributed by atoms with Crippen LogP contribution in [0.25, 0.3) is 0 Å². The van der Waals surface area contributed by atoms with Gasteiger partial charge in [0, 0.05) is 25.2 Å². The molecule has 2 heterocycles. The van der Waals surface area contributed by atoms with Gasteiger partial charge in [0.15, 0.2) is 5.69 Å². The molecule has 1 aromatic carbocycles. The Morgan fingerprint density at radius 3 is 2.87 bits per heavy atom. The summed E-state index contributed by atoms with van der Waals surface area (Å²) < 4.78 is 1.63. The summed E-state index contributed by atoms with van der Waals surface area (Å²) in [6, 6.07) is 5.97. The van der Waals surface area contributed by atoms with Crippen molar-refractivity contribution in [1.82, 2.24) is 19.9 Å². The Hall–Kier alpha value is -2.41. The number of carboxylic acid groups (broad SMARTS) is 1. The molecule has 7 nitrogen and oxygen atoms in total. The van der Waals surface area contributed by atoms with Gasteiger partial charge in [-0.3, -0.25) is 4.90 Å². The number of benzene rings is 1. The third-order valence-corrected chi connectivity index (χ3v) is 4.33. The molecule has 1 aliphatic rings. The number of likely N-dealkylation sites (tertiary alicyclic amines) is 1. The zero-order valence-electron chi connectivity index (χ0n) is 13.0. The van der Waals surface area contributed by atoms with Crippen LogP contribution in [0.3, 0.4) is 0 Å². The van der Waals surface area contributed by atoms with Crippen LogP contribution < -0.4 is 0 Å². The second kappa shape index (κ2) is 6.37. The van der Waals surface area contributed by atoms with Gasteiger partial charge in [0.05, 0.1) is 12.2 Å². The molecule has 1 fully saturated rings. The average molecular weight is 316 g/mol. The first-order valence-electron chi connectivity index (χ1n) is 7.75. The van der Waals surface area contributed by atoms with Crippen molar-refractivity contribution in [2.75, 3.05) is 13.1 Å². The van der Waals surface area contributed by atoms with Crippen molar-refractivity contribution in [3.63, 3.8) is 0 Å². The van der Waals surface area contributed by atoms with Gasteiger partial charge in [0.1, 0.15) is 5.75 Å². The Kier molecular flexibility index (Phi) is 4.29. The average Bonchev–Trinajstić information content (AvgIpc) is 3.18. The molecule has 7 heteroatoms. The molecule has 0 saturated carbocycles. The number of aromatic hydroxyl groups is 1. The normalized spacial score (nSPS) is 18.4. The van der Waals surface area contributed by atoms with Crippen LogP contribution in [0.1, 0.15) is 41.0 Å². The predicted octanol–water partition coefficient (Wildman–Crippen LogP) is 1.69. The van der Waals surface area contributed by atoms with Crippen molar-refractivity contribution in [3.8, 4) is 5.75 Å². The quantitative estimate of drug-likeness (QED) is 0.872. The summed E-state index contributed by atoms with van der Waals surface area (Å²) in [5.41, 5.74) is 1.85. The van der Waals surface area contributed by atoms with Gasteiger partial charge >= 0.3 is 5.97 Å². The van der Waals surface area contributed by atoms with Crippen LogP contribution in [0.2, 0.25) is 0 Å². The van der Waals surface area contributed by atoms with Crippen LogP contribution in [0.4, 0.5) is 0 Å². The number of hydrogen-bond donors (Lipinski definition) is 2. The third kappa shape index (κ3) is 3.19. The van der Waals surface area contributed by atoms with Crippen molar-refractivity contribution < 1.29 is 15.0 Å². The highest BCUT2D eigenvalue weighted by atomic mass is 16.4. The maximum atomic E-state index is 10.9. The number of nitrogens with zero attached hydrogens (tertiary/aromatic N) is 4. The molecule has 1 aliphatic heterocycles. The van der Waals surface area contributed by atoms with Crippen LogP contribution in [-0.4, -0.2) is 49.2 Å². The number of phenols is 1. The number of aryl methyl sites for hydroxylation is 1. The molecule has 122 valence electrons. The molecule has 1 saturated heterocycles. The van der Waals surface area contributed by atoms with Crippen LogP contribution >= 0.6 is 0 Å². The van der Waals surface area contributed by atoms with Crippen molar-refractivity contribution in [3.05, 3.63) is 41.2 Å². The van der Waals surface area contributed by atoms with Gasteiger partial charge in [0.2, 0.25) is 0 Å². The van der Waals surface area contributed by atoms with Crippen molar-refractivity contribution in [1.29, 1.82) is 0 Å². The number of aromatic carboxylic acids is 1. The van der Waals surface area contributed by atoms with Crippen molar-refractivity contribution in [2.24, 2.45) is 0 Å². The van der Waals surface area contributed by atoms with E-state index in [1.54, 1.807) is 4.68 Å². The van der Waals surface area contributed by atoms with E-state index in [0.717, 1.165) is 37.1 Å². The van der Waals surface area contributed by atoms with Gasteiger partial charge in [-0.2, -0.15) is 0 Å². The van der Waals surface area contributed by atoms with E-state index >= 15 is 0 Å². The molecule has 2 aromatic rings. The topological polar surface area (TPSA) is 91.5 Å². The fourth-order valence-corrected chi connectivity index (χ4v) is 3.02. The first-order valence-corrected chi connectivity index (χ1v) is 7.75. The summed E-state index contributed by atoms with van der Waals surface area (Å²) in [7, 11) is 0. The standard InChI is InChI=1S/C16H20N4O3/c1-2-11-4-3-5-12(15(11)21)8-19-7-6-13(9-19)20-10-14(16(22)23)17-18-20/h3-5,10,13,21H,2,6-9H2,1H3,(H,22,23). The minimum atomic E-state index is -1.06. The van der Waals surface area contributed by atoms with E-state index in [0.29, 0.717) is 12.3 Å². The van der Waals surface area contributed by atoms with E-state index < -0.39 is 5.97 Å². The van der Waals surface area contributed by atoms with Gasteiger partial charge in [-0.1, -0.05) is 30.3 Å². The minimum Gasteiger partial charge on any atom is -0.507 e. The lowest BCUT2D eigenvalue weighted by molar-refractivity contribution is 0.0690. The van der Waals surface area contributed by atoms with Crippen LogP contribution in [0.5, 0.6) is 5.75 Å². The maximum Gasteiger partial charge on any atom is 0.358 e. The molecule has 1 atom stereocenters. The fourth-order valence-electron chi connectivity index (χ4n) is 3.02. The second-order valence-electron chi connectivity index (χ2n) is 5.84. The number of para-hydroxylation sites is 1. The van der Waals surface area contributed by atoms with Crippen LogP contribution in [0, 0.1) is 0 Å².